The van der Waals surface area contributed by atoms with Crippen molar-refractivity contribution < 1.29 is 14.6 Å². The molecular formula is C20H25N7O3. The van der Waals surface area contributed by atoms with Crippen molar-refractivity contribution in [2.45, 2.75) is 19.4 Å². The second-order valence-corrected chi connectivity index (χ2v) is 7.59. The summed E-state index contributed by atoms with van der Waals surface area (Å²) < 4.78 is 11.0. The van der Waals surface area contributed by atoms with Gasteiger partial charge in [0.25, 0.3) is 0 Å². The van der Waals surface area contributed by atoms with Gasteiger partial charge in [0.05, 0.1) is 30.7 Å². The summed E-state index contributed by atoms with van der Waals surface area (Å²) in [4.78, 5) is 18.4. The average Bonchev–Trinajstić information content (AvgIpc) is 3.16. The quantitative estimate of drug-likeness (QED) is 0.397. The minimum atomic E-state index is -1.00. The molecule has 0 spiro atoms. The molecular weight excluding hydrogens is 386 g/mol. The number of morpholine rings is 1. The number of benzene rings is 1. The Balaban J connectivity index is 1.54. The minimum Gasteiger partial charge on any atom is -0.460 e. The first-order chi connectivity index (χ1) is 14.5. The first kappa shape index (κ1) is 20.0. The Morgan fingerprint density at radius 3 is 2.87 bits per heavy atom. The smallest absolute Gasteiger partial charge is 0.321 e. The van der Waals surface area contributed by atoms with Gasteiger partial charge < -0.3 is 24.5 Å². The second kappa shape index (κ2) is 8.64. The maximum absolute atomic E-state index is 9.94. The molecule has 3 heterocycles. The van der Waals surface area contributed by atoms with E-state index in [2.05, 4.69) is 30.5 Å². The summed E-state index contributed by atoms with van der Waals surface area (Å²) in [5, 5.41) is 15.2. The number of hydrazone groups is 1. The summed E-state index contributed by atoms with van der Waals surface area (Å²) in [6.45, 7) is 5.95. The van der Waals surface area contributed by atoms with E-state index in [9.17, 15) is 5.11 Å². The molecule has 1 aliphatic rings. The SMILES string of the molecule is CC(C)(O)COc1nc(C=NNc2c[nH]c3ccccc23)nc(N2CCOCC2)n1. The maximum Gasteiger partial charge on any atom is 0.321 e. The molecule has 10 heteroatoms. The highest BCUT2D eigenvalue weighted by molar-refractivity contribution is 5.92. The number of aromatic amines is 1. The summed E-state index contributed by atoms with van der Waals surface area (Å²) in [6.07, 6.45) is 3.37. The Labute approximate surface area is 174 Å². The van der Waals surface area contributed by atoms with Crippen LogP contribution in [0, 0.1) is 0 Å². The second-order valence-electron chi connectivity index (χ2n) is 7.59. The average molecular weight is 411 g/mol. The van der Waals surface area contributed by atoms with E-state index in [0.29, 0.717) is 38.1 Å². The van der Waals surface area contributed by atoms with Crippen molar-refractivity contribution in [3.63, 3.8) is 0 Å². The van der Waals surface area contributed by atoms with E-state index < -0.39 is 5.60 Å². The number of hydrogen-bond acceptors (Lipinski definition) is 9. The van der Waals surface area contributed by atoms with Crippen LogP contribution in [0.2, 0.25) is 0 Å². The minimum absolute atomic E-state index is 0.0593. The number of aromatic nitrogens is 4. The van der Waals surface area contributed by atoms with Crippen LogP contribution in [0.5, 0.6) is 6.01 Å². The van der Waals surface area contributed by atoms with E-state index in [1.165, 1.54) is 6.21 Å². The van der Waals surface area contributed by atoms with Gasteiger partial charge >= 0.3 is 6.01 Å². The molecule has 0 atom stereocenters. The fourth-order valence-corrected chi connectivity index (χ4v) is 2.95. The number of rotatable bonds is 7. The van der Waals surface area contributed by atoms with Gasteiger partial charge in [0.1, 0.15) is 6.61 Å². The number of para-hydroxylation sites is 1. The van der Waals surface area contributed by atoms with Crippen molar-refractivity contribution in [3.05, 3.63) is 36.3 Å². The van der Waals surface area contributed by atoms with E-state index >= 15 is 0 Å². The van der Waals surface area contributed by atoms with E-state index in [0.717, 1.165) is 16.6 Å². The van der Waals surface area contributed by atoms with Gasteiger partial charge in [-0.3, -0.25) is 5.43 Å². The van der Waals surface area contributed by atoms with Crippen LogP contribution in [0.25, 0.3) is 10.9 Å². The van der Waals surface area contributed by atoms with Crippen LogP contribution in [0.15, 0.2) is 35.6 Å². The molecule has 4 rings (SSSR count). The number of H-pyrrole nitrogens is 1. The predicted octanol–water partition coefficient (Wildman–Crippen LogP) is 1.79. The van der Waals surface area contributed by atoms with Crippen LogP contribution in [-0.4, -0.2) is 69.8 Å². The van der Waals surface area contributed by atoms with Crippen LogP contribution in [0.1, 0.15) is 19.7 Å². The molecule has 1 saturated heterocycles. The Bertz CT molecular complexity index is 1020. The van der Waals surface area contributed by atoms with Crippen molar-refractivity contribution in [1.29, 1.82) is 0 Å². The van der Waals surface area contributed by atoms with Crippen molar-refractivity contribution in [2.24, 2.45) is 5.10 Å². The van der Waals surface area contributed by atoms with Gasteiger partial charge in [0, 0.05) is 30.2 Å². The van der Waals surface area contributed by atoms with E-state index in [4.69, 9.17) is 9.47 Å². The molecule has 10 nitrogen and oxygen atoms in total. The molecule has 1 fully saturated rings. The van der Waals surface area contributed by atoms with Crippen molar-refractivity contribution >= 4 is 28.8 Å². The zero-order chi connectivity index (χ0) is 21.0. The highest BCUT2D eigenvalue weighted by atomic mass is 16.5. The predicted molar refractivity (Wildman–Crippen MR) is 114 cm³/mol. The Hall–Kier alpha value is -3.24. The molecule has 30 heavy (non-hydrogen) atoms. The highest BCUT2D eigenvalue weighted by Gasteiger charge is 2.19. The molecule has 2 aromatic heterocycles. The van der Waals surface area contributed by atoms with Crippen molar-refractivity contribution in [2.75, 3.05) is 43.2 Å². The van der Waals surface area contributed by atoms with Gasteiger partial charge in [-0.2, -0.15) is 20.1 Å². The number of ether oxygens (including phenoxy) is 2. The lowest BCUT2D eigenvalue weighted by Gasteiger charge is -2.27. The lowest BCUT2D eigenvalue weighted by molar-refractivity contribution is 0.0249. The number of nitrogens with zero attached hydrogens (tertiary/aromatic N) is 5. The maximum atomic E-state index is 9.94. The van der Waals surface area contributed by atoms with Gasteiger partial charge in [-0.1, -0.05) is 18.2 Å². The molecule has 0 radical (unpaired) electrons. The molecule has 0 aliphatic carbocycles. The molecule has 1 aliphatic heterocycles. The summed E-state index contributed by atoms with van der Waals surface area (Å²) >= 11 is 0. The summed E-state index contributed by atoms with van der Waals surface area (Å²) in [5.74, 6) is 0.845. The molecule has 0 saturated carbocycles. The number of anilines is 2. The molecule has 0 amide bonds. The monoisotopic (exact) mass is 411 g/mol. The fraction of sp³-hybridized carbons (Fsp3) is 0.400. The Morgan fingerprint density at radius 1 is 1.27 bits per heavy atom. The van der Waals surface area contributed by atoms with Gasteiger partial charge in [-0.15, -0.1) is 0 Å². The lowest BCUT2D eigenvalue weighted by atomic mass is 10.2. The molecule has 3 N–H and O–H groups in total. The van der Waals surface area contributed by atoms with Gasteiger partial charge in [0.15, 0.2) is 5.82 Å². The molecule has 0 bridgehead atoms. The van der Waals surface area contributed by atoms with Crippen LogP contribution in [-0.2, 0) is 4.74 Å². The molecule has 1 aromatic carbocycles. The topological polar surface area (TPSA) is 121 Å². The first-order valence-corrected chi connectivity index (χ1v) is 9.77. The zero-order valence-electron chi connectivity index (χ0n) is 17.0. The summed E-state index contributed by atoms with van der Waals surface area (Å²) in [6, 6.07) is 8.09. The van der Waals surface area contributed by atoms with Gasteiger partial charge in [0.2, 0.25) is 5.95 Å². The van der Waals surface area contributed by atoms with Crippen LogP contribution in [0.3, 0.4) is 0 Å². The van der Waals surface area contributed by atoms with Crippen LogP contribution in [0.4, 0.5) is 11.6 Å². The van der Waals surface area contributed by atoms with Crippen molar-refractivity contribution in [3.8, 4) is 6.01 Å². The van der Waals surface area contributed by atoms with Gasteiger partial charge in [-0.05, 0) is 19.9 Å². The third kappa shape index (κ3) is 5.02. The largest absolute Gasteiger partial charge is 0.460 e. The number of aliphatic hydroxyl groups is 1. The summed E-state index contributed by atoms with van der Waals surface area (Å²) in [7, 11) is 0. The lowest BCUT2D eigenvalue weighted by Crippen LogP contribution is -2.37. The molecule has 0 unspecified atom stereocenters. The van der Waals surface area contributed by atoms with E-state index in [1.807, 2.05) is 35.4 Å². The van der Waals surface area contributed by atoms with E-state index in [1.54, 1.807) is 13.8 Å². The molecule has 158 valence electrons. The Kier molecular flexibility index (Phi) is 5.77. The van der Waals surface area contributed by atoms with Crippen molar-refractivity contribution in [1.82, 2.24) is 19.9 Å². The third-order valence-corrected chi connectivity index (χ3v) is 4.42. The normalized spacial score (nSPS) is 15.1. The third-order valence-electron chi connectivity index (χ3n) is 4.42. The number of fused-ring (bicyclic) bond motifs is 1. The number of hydrogen-bond donors (Lipinski definition) is 3. The number of nitrogens with one attached hydrogen (secondary N) is 2. The summed E-state index contributed by atoms with van der Waals surface area (Å²) in [5.41, 5.74) is 3.88. The zero-order valence-corrected chi connectivity index (χ0v) is 17.0. The molecule has 3 aromatic rings. The Morgan fingerprint density at radius 2 is 2.07 bits per heavy atom. The highest BCUT2D eigenvalue weighted by Crippen LogP contribution is 2.22. The fourth-order valence-electron chi connectivity index (χ4n) is 2.95. The van der Waals surface area contributed by atoms with Crippen LogP contribution < -0.4 is 15.1 Å². The van der Waals surface area contributed by atoms with E-state index in [-0.39, 0.29) is 12.6 Å². The first-order valence-electron chi connectivity index (χ1n) is 9.77. The standard InChI is InChI=1S/C20H25N7O3/c1-20(2,28)13-30-19-24-17(23-18(25-19)27-7-9-29-10-8-27)12-22-26-16-11-21-15-6-4-3-5-14(15)16/h3-6,11-12,21,26,28H,7-10,13H2,1-2H3. The van der Waals surface area contributed by atoms with Crippen LogP contribution >= 0.6 is 0 Å². The van der Waals surface area contributed by atoms with Gasteiger partial charge in [-0.25, -0.2) is 0 Å².